The number of rotatable bonds is 8. The zero-order chi connectivity index (χ0) is 24.2. The number of H-pyrrole nitrogens is 1. The van der Waals surface area contributed by atoms with E-state index in [1.54, 1.807) is 12.3 Å². The van der Waals surface area contributed by atoms with Gasteiger partial charge in [0, 0.05) is 40.9 Å². The molecule has 0 saturated heterocycles. The average molecular weight is 469 g/mol. The first-order valence-electron chi connectivity index (χ1n) is 11.7. The quantitative estimate of drug-likeness (QED) is 0.206. The van der Waals surface area contributed by atoms with Gasteiger partial charge >= 0.3 is 6.03 Å². The zero-order valence-corrected chi connectivity index (χ0v) is 19.7. The van der Waals surface area contributed by atoms with E-state index < -0.39 is 0 Å². The summed E-state index contributed by atoms with van der Waals surface area (Å²) in [5.74, 6) is 2.90. The van der Waals surface area contributed by atoms with Crippen LogP contribution in [0.25, 0.3) is 0 Å². The fraction of sp³-hybridized carbons (Fsp3) is 0.231. The number of nitrogens with one attached hydrogen (secondary N) is 5. The Kier molecular flexibility index (Phi) is 6.30. The Morgan fingerprint density at radius 2 is 1.54 bits per heavy atom. The van der Waals surface area contributed by atoms with E-state index in [9.17, 15) is 4.79 Å². The average Bonchev–Trinajstić information content (AvgIpc) is 3.60. The van der Waals surface area contributed by atoms with Crippen molar-refractivity contribution in [2.24, 2.45) is 0 Å². The second-order valence-corrected chi connectivity index (χ2v) is 8.93. The molecule has 1 fully saturated rings. The highest BCUT2D eigenvalue weighted by Crippen LogP contribution is 2.39. The molecule has 1 saturated carbocycles. The monoisotopic (exact) mass is 468 g/mol. The number of aromatic nitrogens is 4. The summed E-state index contributed by atoms with van der Waals surface area (Å²) in [6.07, 6.45) is 4.11. The van der Waals surface area contributed by atoms with Gasteiger partial charge in [-0.15, -0.1) is 0 Å². The number of nitrogens with zero attached hydrogens (tertiary/aromatic N) is 3. The smallest absolute Gasteiger partial charge is 0.323 e. The molecule has 0 aliphatic heterocycles. The summed E-state index contributed by atoms with van der Waals surface area (Å²) >= 11 is 0. The Hall–Kier alpha value is -4.40. The zero-order valence-electron chi connectivity index (χ0n) is 19.7. The molecule has 2 aromatic carbocycles. The normalized spacial score (nSPS) is 12.9. The maximum atomic E-state index is 12.3. The van der Waals surface area contributed by atoms with Crippen LogP contribution in [-0.2, 0) is 0 Å². The molecule has 2 heterocycles. The topological polar surface area (TPSA) is 120 Å². The van der Waals surface area contributed by atoms with Gasteiger partial charge in [0.05, 0.1) is 0 Å². The highest BCUT2D eigenvalue weighted by Gasteiger charge is 2.25. The molecular formula is C26H28N8O. The lowest BCUT2D eigenvalue weighted by Crippen LogP contribution is -2.19. The molecule has 9 nitrogen and oxygen atoms in total. The third-order valence-electron chi connectivity index (χ3n) is 5.76. The lowest BCUT2D eigenvalue weighted by atomic mass is 10.0. The van der Waals surface area contributed by atoms with E-state index >= 15 is 0 Å². The molecule has 0 unspecified atom stereocenters. The van der Waals surface area contributed by atoms with E-state index in [4.69, 9.17) is 0 Å². The Labute approximate surface area is 203 Å². The van der Waals surface area contributed by atoms with Gasteiger partial charge in [-0.2, -0.15) is 10.1 Å². The van der Waals surface area contributed by atoms with Gasteiger partial charge in [-0.05, 0) is 66.8 Å². The second-order valence-electron chi connectivity index (χ2n) is 8.93. The van der Waals surface area contributed by atoms with Crippen LogP contribution in [0.2, 0.25) is 0 Å². The third-order valence-corrected chi connectivity index (χ3v) is 5.76. The molecule has 5 rings (SSSR count). The van der Waals surface area contributed by atoms with Gasteiger partial charge < -0.3 is 21.3 Å². The van der Waals surface area contributed by atoms with Crippen LogP contribution in [0, 0.1) is 0 Å². The highest BCUT2D eigenvalue weighted by atomic mass is 16.2. The lowest BCUT2D eigenvalue weighted by molar-refractivity contribution is 0.262. The Bertz CT molecular complexity index is 1290. The Balaban J connectivity index is 1.15. The molecular weight excluding hydrogens is 440 g/mol. The molecule has 0 radical (unpaired) electrons. The van der Waals surface area contributed by atoms with Gasteiger partial charge in [0.25, 0.3) is 0 Å². The number of carbonyl (C=O) groups is 1. The molecule has 1 aliphatic rings. The van der Waals surface area contributed by atoms with Crippen molar-refractivity contribution in [2.75, 3.05) is 21.3 Å². The van der Waals surface area contributed by atoms with E-state index in [2.05, 4.69) is 55.3 Å². The molecule has 0 bridgehead atoms. The predicted molar refractivity (Wildman–Crippen MR) is 139 cm³/mol. The van der Waals surface area contributed by atoms with Crippen molar-refractivity contribution in [1.29, 1.82) is 0 Å². The summed E-state index contributed by atoms with van der Waals surface area (Å²) in [5.41, 5.74) is 4.61. The van der Waals surface area contributed by atoms with Gasteiger partial charge in [-0.1, -0.05) is 26.0 Å². The van der Waals surface area contributed by atoms with Crippen LogP contribution in [0.3, 0.4) is 0 Å². The van der Waals surface area contributed by atoms with Crippen molar-refractivity contribution in [1.82, 2.24) is 20.2 Å². The van der Waals surface area contributed by atoms with Crippen molar-refractivity contribution in [3.05, 3.63) is 78.1 Å². The summed E-state index contributed by atoms with van der Waals surface area (Å²) in [6, 6.07) is 18.7. The molecule has 5 N–H and O–H groups in total. The Morgan fingerprint density at radius 1 is 0.886 bits per heavy atom. The second kappa shape index (κ2) is 9.84. The summed E-state index contributed by atoms with van der Waals surface area (Å²) in [4.78, 5) is 21.1. The molecule has 2 aromatic heterocycles. The van der Waals surface area contributed by atoms with Gasteiger partial charge in [0.2, 0.25) is 5.95 Å². The first-order valence-corrected chi connectivity index (χ1v) is 11.7. The van der Waals surface area contributed by atoms with Crippen molar-refractivity contribution < 1.29 is 4.79 Å². The molecule has 9 heteroatoms. The molecule has 178 valence electrons. The van der Waals surface area contributed by atoms with Crippen LogP contribution in [0.15, 0.2) is 66.9 Å². The van der Waals surface area contributed by atoms with Crippen molar-refractivity contribution >= 4 is 40.7 Å². The van der Waals surface area contributed by atoms with Crippen LogP contribution in [-0.4, -0.2) is 26.2 Å². The predicted octanol–water partition coefficient (Wildman–Crippen LogP) is 6.33. The van der Waals surface area contributed by atoms with Crippen molar-refractivity contribution in [3.8, 4) is 0 Å². The SMILES string of the molecule is CC(C)c1ccc(NC(=O)Nc2ccc(Nc3nccc(Nc4cc(C5CC5)[nH]n4)n3)cc2)cc1. The summed E-state index contributed by atoms with van der Waals surface area (Å²) < 4.78 is 0. The van der Waals surface area contributed by atoms with Crippen molar-refractivity contribution in [3.63, 3.8) is 0 Å². The number of hydrogen-bond donors (Lipinski definition) is 5. The largest absolute Gasteiger partial charge is 0.324 e. The molecule has 4 aromatic rings. The standard InChI is InChI=1S/C26H28N8O/c1-16(2)17-5-7-20(8-6-17)29-26(35)30-21-11-9-19(10-12-21)28-25-27-14-13-23(32-25)31-24-15-22(33-34-24)18-3-4-18/h5-16,18H,3-4H2,1-2H3,(H2,29,30,35)(H3,27,28,31,32,33,34). The maximum Gasteiger partial charge on any atom is 0.323 e. The minimum Gasteiger partial charge on any atom is -0.324 e. The molecule has 35 heavy (non-hydrogen) atoms. The van der Waals surface area contributed by atoms with Gasteiger partial charge in [0.1, 0.15) is 5.82 Å². The van der Waals surface area contributed by atoms with Gasteiger partial charge in [-0.3, -0.25) is 5.10 Å². The van der Waals surface area contributed by atoms with E-state index in [-0.39, 0.29) is 6.03 Å². The van der Waals surface area contributed by atoms with Gasteiger partial charge in [-0.25, -0.2) is 9.78 Å². The van der Waals surface area contributed by atoms with Crippen LogP contribution < -0.4 is 21.3 Å². The maximum absolute atomic E-state index is 12.3. The minimum atomic E-state index is -0.298. The number of aromatic amines is 1. The number of anilines is 6. The highest BCUT2D eigenvalue weighted by molar-refractivity contribution is 5.99. The fourth-order valence-electron chi connectivity index (χ4n) is 3.63. The van der Waals surface area contributed by atoms with Crippen LogP contribution in [0.1, 0.15) is 49.8 Å². The first kappa shape index (κ1) is 22.4. The minimum absolute atomic E-state index is 0.298. The fourth-order valence-corrected chi connectivity index (χ4v) is 3.63. The van der Waals surface area contributed by atoms with Crippen LogP contribution in [0.5, 0.6) is 0 Å². The van der Waals surface area contributed by atoms with Crippen LogP contribution >= 0.6 is 0 Å². The molecule has 0 spiro atoms. The molecule has 0 atom stereocenters. The summed E-state index contributed by atoms with van der Waals surface area (Å²) in [5, 5.41) is 19.4. The number of hydrogen-bond acceptors (Lipinski definition) is 6. The third kappa shape index (κ3) is 5.94. The van der Waals surface area contributed by atoms with E-state index in [0.717, 1.165) is 22.9 Å². The molecule has 1 aliphatic carbocycles. The van der Waals surface area contributed by atoms with Crippen LogP contribution in [0.4, 0.5) is 39.4 Å². The van der Waals surface area contributed by atoms with E-state index in [1.807, 2.05) is 54.6 Å². The number of urea groups is 1. The lowest BCUT2D eigenvalue weighted by Gasteiger charge is -2.11. The van der Waals surface area contributed by atoms with E-state index in [0.29, 0.717) is 29.3 Å². The van der Waals surface area contributed by atoms with Crippen molar-refractivity contribution in [2.45, 2.75) is 38.5 Å². The van der Waals surface area contributed by atoms with E-state index in [1.165, 1.54) is 18.4 Å². The summed E-state index contributed by atoms with van der Waals surface area (Å²) in [6.45, 7) is 4.27. The number of benzene rings is 2. The number of carbonyl (C=O) groups excluding carboxylic acids is 1. The molecule has 2 amide bonds. The number of amides is 2. The Morgan fingerprint density at radius 3 is 2.20 bits per heavy atom. The summed E-state index contributed by atoms with van der Waals surface area (Å²) in [7, 11) is 0. The van der Waals surface area contributed by atoms with Gasteiger partial charge in [0.15, 0.2) is 5.82 Å². The first-order chi connectivity index (χ1) is 17.0.